The van der Waals surface area contributed by atoms with Gasteiger partial charge in [0.05, 0.1) is 12.5 Å². The zero-order valence-electron chi connectivity index (χ0n) is 9.26. The van der Waals surface area contributed by atoms with Crippen LogP contribution in [0.2, 0.25) is 0 Å². The van der Waals surface area contributed by atoms with Crippen LogP contribution in [-0.2, 0) is 9.59 Å². The fourth-order valence-corrected chi connectivity index (χ4v) is 1.44. The van der Waals surface area contributed by atoms with Crippen molar-refractivity contribution in [2.24, 2.45) is 0 Å². The molecule has 0 saturated carbocycles. The molecule has 1 N–H and O–H groups in total. The van der Waals surface area contributed by atoms with Crippen molar-refractivity contribution in [1.29, 1.82) is 0 Å². The molecule has 1 saturated heterocycles. The maximum Gasteiger partial charge on any atom is 0.246 e. The van der Waals surface area contributed by atoms with Crippen LogP contribution < -0.4 is 5.32 Å². The third-order valence-electron chi connectivity index (χ3n) is 2.83. The summed E-state index contributed by atoms with van der Waals surface area (Å²) >= 11 is 0. The first-order valence-corrected chi connectivity index (χ1v) is 4.95. The highest BCUT2D eigenvalue weighted by atomic mass is 16.2. The average Bonchev–Trinajstić information content (AvgIpc) is 2.33. The van der Waals surface area contributed by atoms with E-state index in [1.165, 1.54) is 11.9 Å². The molecular formula is C10H18N2O2. The van der Waals surface area contributed by atoms with E-state index in [0.29, 0.717) is 6.42 Å². The third kappa shape index (κ3) is 2.12. The maximum atomic E-state index is 11.6. The number of amides is 2. The van der Waals surface area contributed by atoms with Crippen LogP contribution in [-0.4, -0.2) is 35.3 Å². The van der Waals surface area contributed by atoms with Crippen LogP contribution in [0.3, 0.4) is 0 Å². The predicted octanol–water partition coefficient (Wildman–Crippen LogP) is 0.522. The molecule has 0 aromatic rings. The molecule has 1 heterocycles. The third-order valence-corrected chi connectivity index (χ3v) is 2.83. The van der Waals surface area contributed by atoms with E-state index >= 15 is 0 Å². The minimum Gasteiger partial charge on any atom is -0.300 e. The molecule has 1 fully saturated rings. The molecule has 80 valence electrons. The Morgan fingerprint density at radius 2 is 2.07 bits per heavy atom. The fraction of sp³-hybridized carbons (Fsp3) is 0.800. The van der Waals surface area contributed by atoms with Crippen molar-refractivity contribution in [3.8, 4) is 0 Å². The van der Waals surface area contributed by atoms with Gasteiger partial charge in [0.1, 0.15) is 0 Å². The summed E-state index contributed by atoms with van der Waals surface area (Å²) in [6.07, 6.45) is 1.22. The zero-order chi connectivity index (χ0) is 10.9. The van der Waals surface area contributed by atoms with E-state index in [0.717, 1.165) is 6.42 Å². The lowest BCUT2D eigenvalue weighted by molar-refractivity contribution is -0.137. The molecule has 0 aromatic heterocycles. The second kappa shape index (κ2) is 3.69. The van der Waals surface area contributed by atoms with Gasteiger partial charge in [-0.1, -0.05) is 6.92 Å². The number of carbonyl (C=O) groups is 2. The molecule has 1 atom stereocenters. The van der Waals surface area contributed by atoms with E-state index in [1.807, 2.05) is 13.8 Å². The summed E-state index contributed by atoms with van der Waals surface area (Å²) in [4.78, 5) is 24.0. The average molecular weight is 198 g/mol. The van der Waals surface area contributed by atoms with Gasteiger partial charge in [-0.25, -0.2) is 0 Å². The van der Waals surface area contributed by atoms with Crippen molar-refractivity contribution in [3.05, 3.63) is 0 Å². The number of rotatable bonds is 3. The Morgan fingerprint density at radius 3 is 2.43 bits per heavy atom. The Kier molecular flexibility index (Phi) is 2.95. The van der Waals surface area contributed by atoms with Crippen molar-refractivity contribution in [3.63, 3.8) is 0 Å². The van der Waals surface area contributed by atoms with Crippen LogP contribution in [0.25, 0.3) is 0 Å². The van der Waals surface area contributed by atoms with Gasteiger partial charge in [-0.15, -0.1) is 0 Å². The lowest BCUT2D eigenvalue weighted by Gasteiger charge is -2.27. The lowest BCUT2D eigenvalue weighted by Crippen LogP contribution is -2.48. The summed E-state index contributed by atoms with van der Waals surface area (Å²) in [5.74, 6) is -0.212. The van der Waals surface area contributed by atoms with Gasteiger partial charge >= 0.3 is 0 Å². The minimum absolute atomic E-state index is 0.0915. The zero-order valence-corrected chi connectivity index (χ0v) is 9.26. The molecule has 4 nitrogen and oxygen atoms in total. The lowest BCUT2D eigenvalue weighted by atomic mass is 10.00. The molecule has 1 aliphatic heterocycles. The van der Waals surface area contributed by atoms with Crippen LogP contribution in [0.4, 0.5) is 0 Å². The Hall–Kier alpha value is -0.900. The standard InChI is InChI=1S/C10H18N2O2/c1-5-10(2,3)11-7-6-8(13)12(4)9(7)14/h7,11H,5-6H2,1-4H3. The Morgan fingerprint density at radius 1 is 1.50 bits per heavy atom. The number of imide groups is 1. The summed E-state index contributed by atoms with van der Waals surface area (Å²) in [5.41, 5.74) is -0.0915. The second-order valence-corrected chi connectivity index (χ2v) is 4.43. The summed E-state index contributed by atoms with van der Waals surface area (Å²) < 4.78 is 0. The first-order chi connectivity index (χ1) is 6.37. The van der Waals surface area contributed by atoms with Gasteiger partial charge in [0.25, 0.3) is 0 Å². The van der Waals surface area contributed by atoms with Gasteiger partial charge in [0.2, 0.25) is 11.8 Å². The van der Waals surface area contributed by atoms with E-state index in [1.54, 1.807) is 0 Å². The largest absolute Gasteiger partial charge is 0.300 e. The molecule has 0 aliphatic carbocycles. The molecule has 0 bridgehead atoms. The Bertz CT molecular complexity index is 261. The SMILES string of the molecule is CCC(C)(C)NC1CC(=O)N(C)C1=O. The highest BCUT2D eigenvalue weighted by molar-refractivity contribution is 6.05. The topological polar surface area (TPSA) is 49.4 Å². The molecule has 0 spiro atoms. The highest BCUT2D eigenvalue weighted by Crippen LogP contribution is 2.16. The molecule has 1 unspecified atom stereocenters. The van der Waals surface area contributed by atoms with Crippen molar-refractivity contribution in [1.82, 2.24) is 10.2 Å². The first-order valence-electron chi connectivity index (χ1n) is 4.95. The van der Waals surface area contributed by atoms with Crippen molar-refractivity contribution in [2.75, 3.05) is 7.05 Å². The first kappa shape index (κ1) is 11.2. The van der Waals surface area contributed by atoms with Gasteiger partial charge in [0, 0.05) is 12.6 Å². The summed E-state index contributed by atoms with van der Waals surface area (Å²) in [6.45, 7) is 6.12. The van der Waals surface area contributed by atoms with E-state index < -0.39 is 0 Å². The highest BCUT2D eigenvalue weighted by Gasteiger charge is 2.38. The van der Waals surface area contributed by atoms with Gasteiger partial charge in [-0.2, -0.15) is 0 Å². The van der Waals surface area contributed by atoms with Gasteiger partial charge in [-0.3, -0.25) is 14.5 Å². The summed E-state index contributed by atoms with van der Waals surface area (Å²) in [5, 5.41) is 3.20. The number of hydrogen-bond donors (Lipinski definition) is 1. The smallest absolute Gasteiger partial charge is 0.246 e. The van der Waals surface area contributed by atoms with Crippen molar-refractivity contribution < 1.29 is 9.59 Å². The van der Waals surface area contributed by atoms with E-state index in [-0.39, 0.29) is 23.4 Å². The van der Waals surface area contributed by atoms with Crippen LogP contribution >= 0.6 is 0 Å². The Labute approximate surface area is 84.7 Å². The normalized spacial score (nSPS) is 23.4. The Balaban J connectivity index is 2.64. The molecule has 14 heavy (non-hydrogen) atoms. The molecule has 0 aromatic carbocycles. The van der Waals surface area contributed by atoms with Crippen molar-refractivity contribution >= 4 is 11.8 Å². The number of carbonyl (C=O) groups excluding carboxylic acids is 2. The van der Waals surface area contributed by atoms with E-state index in [2.05, 4.69) is 12.2 Å². The van der Waals surface area contributed by atoms with Crippen LogP contribution in [0.15, 0.2) is 0 Å². The fourth-order valence-electron chi connectivity index (χ4n) is 1.44. The van der Waals surface area contributed by atoms with Crippen LogP contribution in [0, 0.1) is 0 Å². The quantitative estimate of drug-likeness (QED) is 0.673. The van der Waals surface area contributed by atoms with Gasteiger partial charge in [-0.05, 0) is 20.3 Å². The number of likely N-dealkylation sites (tertiary alicyclic amines) is 1. The molecule has 0 radical (unpaired) electrons. The molecule has 4 heteroatoms. The monoisotopic (exact) mass is 198 g/mol. The summed E-state index contributed by atoms with van der Waals surface area (Å²) in [7, 11) is 1.53. The van der Waals surface area contributed by atoms with Crippen molar-refractivity contribution in [2.45, 2.75) is 45.2 Å². The second-order valence-electron chi connectivity index (χ2n) is 4.43. The van der Waals surface area contributed by atoms with Gasteiger partial charge < -0.3 is 5.32 Å². The number of nitrogens with zero attached hydrogens (tertiary/aromatic N) is 1. The maximum absolute atomic E-state index is 11.6. The minimum atomic E-state index is -0.331. The number of hydrogen-bond acceptors (Lipinski definition) is 3. The van der Waals surface area contributed by atoms with Crippen LogP contribution in [0.1, 0.15) is 33.6 Å². The molecule has 1 rings (SSSR count). The molecule has 2 amide bonds. The number of nitrogens with one attached hydrogen (secondary N) is 1. The molecule has 1 aliphatic rings. The summed E-state index contributed by atoms with van der Waals surface area (Å²) in [6, 6.07) is -0.331. The van der Waals surface area contributed by atoms with E-state index in [9.17, 15) is 9.59 Å². The number of likely N-dealkylation sites (N-methyl/N-ethyl adjacent to an activating group) is 1. The molecular weight excluding hydrogens is 180 g/mol. The van der Waals surface area contributed by atoms with Gasteiger partial charge in [0.15, 0.2) is 0 Å². The van der Waals surface area contributed by atoms with Crippen LogP contribution in [0.5, 0.6) is 0 Å². The van der Waals surface area contributed by atoms with E-state index in [4.69, 9.17) is 0 Å². The predicted molar refractivity (Wildman–Crippen MR) is 53.7 cm³/mol.